The molecular formula is C34H46ClN3O4S. The highest BCUT2D eigenvalue weighted by molar-refractivity contribution is 7.92. The SMILES string of the molecule is CC(C)S(=O)(=O)CC1(c2ccccc2)CCN(C(=O)[C@@H](Cc2ccc(Cl)cc2)NC(=O)[C@H]2CC3CCCCC3CN2)CC1. The van der Waals surface area contributed by atoms with E-state index in [1.807, 2.05) is 47.4 Å². The number of rotatable bonds is 9. The van der Waals surface area contributed by atoms with Crippen molar-refractivity contribution in [2.45, 2.75) is 88.0 Å². The van der Waals surface area contributed by atoms with Crippen LogP contribution in [-0.2, 0) is 31.3 Å². The molecule has 2 aliphatic heterocycles. The Morgan fingerprint density at radius 1 is 1.00 bits per heavy atom. The number of halogens is 1. The van der Waals surface area contributed by atoms with E-state index >= 15 is 0 Å². The Balaban J connectivity index is 1.32. The van der Waals surface area contributed by atoms with Crippen LogP contribution in [0.15, 0.2) is 54.6 Å². The number of sulfone groups is 1. The van der Waals surface area contributed by atoms with Crippen LogP contribution in [0, 0.1) is 11.8 Å². The van der Waals surface area contributed by atoms with Gasteiger partial charge in [0.25, 0.3) is 0 Å². The van der Waals surface area contributed by atoms with Crippen molar-refractivity contribution in [3.63, 3.8) is 0 Å². The van der Waals surface area contributed by atoms with Crippen LogP contribution in [-0.4, -0.2) is 67.9 Å². The molecule has 234 valence electrons. The zero-order valence-electron chi connectivity index (χ0n) is 25.4. The molecule has 0 aromatic heterocycles. The monoisotopic (exact) mass is 627 g/mol. The van der Waals surface area contributed by atoms with Crippen LogP contribution >= 0.6 is 11.6 Å². The van der Waals surface area contributed by atoms with Gasteiger partial charge in [-0.2, -0.15) is 0 Å². The van der Waals surface area contributed by atoms with Crippen molar-refractivity contribution in [1.29, 1.82) is 0 Å². The number of nitrogens with zero attached hydrogens (tertiary/aromatic N) is 1. The number of likely N-dealkylation sites (tertiary alicyclic amines) is 1. The van der Waals surface area contributed by atoms with Gasteiger partial charge in [0.15, 0.2) is 9.84 Å². The molecular weight excluding hydrogens is 582 g/mol. The van der Waals surface area contributed by atoms with Crippen LogP contribution in [0.5, 0.6) is 0 Å². The first-order valence-electron chi connectivity index (χ1n) is 15.9. The van der Waals surface area contributed by atoms with E-state index in [9.17, 15) is 18.0 Å². The second-order valence-corrected chi connectivity index (χ2v) is 16.2. The molecule has 1 aliphatic carbocycles. The number of benzene rings is 2. The van der Waals surface area contributed by atoms with Crippen molar-refractivity contribution in [2.24, 2.45) is 11.8 Å². The van der Waals surface area contributed by atoms with Crippen molar-refractivity contribution < 1.29 is 18.0 Å². The first-order valence-corrected chi connectivity index (χ1v) is 18.0. The van der Waals surface area contributed by atoms with Gasteiger partial charge >= 0.3 is 0 Å². The average molecular weight is 628 g/mol. The number of carbonyl (C=O) groups excluding carboxylic acids is 2. The molecule has 3 fully saturated rings. The number of piperidine rings is 2. The van der Waals surface area contributed by atoms with Crippen LogP contribution in [0.3, 0.4) is 0 Å². The first kappa shape index (κ1) is 32.0. The van der Waals surface area contributed by atoms with E-state index in [0.29, 0.717) is 49.2 Å². The lowest BCUT2D eigenvalue weighted by atomic mass is 9.73. The lowest BCUT2D eigenvalue weighted by molar-refractivity contribution is -0.138. The Morgan fingerprint density at radius 2 is 1.65 bits per heavy atom. The third-order valence-electron chi connectivity index (χ3n) is 10.1. The van der Waals surface area contributed by atoms with E-state index in [1.54, 1.807) is 26.0 Å². The number of fused-ring (bicyclic) bond motifs is 1. The van der Waals surface area contributed by atoms with E-state index in [1.165, 1.54) is 25.7 Å². The number of amides is 2. The molecule has 0 radical (unpaired) electrons. The summed E-state index contributed by atoms with van der Waals surface area (Å²) in [6, 6.07) is 16.2. The van der Waals surface area contributed by atoms with Gasteiger partial charge in [-0.25, -0.2) is 8.42 Å². The summed E-state index contributed by atoms with van der Waals surface area (Å²) >= 11 is 6.12. The standard InChI is InChI=1S/C34H46ClN3O4S/c1-24(2)43(41,42)23-34(28-10-4-3-5-11-28)16-18-38(19-17-34)33(40)31(20-25-12-14-29(35)15-13-25)37-32(39)30-21-26-8-6-7-9-27(26)22-36-30/h3-5,10-15,24,26-27,30-31,36H,6-9,16-23H2,1-2H3,(H,37,39)/t26?,27?,30-,31-/m1/s1. The summed E-state index contributed by atoms with van der Waals surface area (Å²) < 4.78 is 26.3. The molecule has 43 heavy (non-hydrogen) atoms. The molecule has 0 spiro atoms. The molecule has 2 aromatic rings. The first-order chi connectivity index (χ1) is 20.6. The van der Waals surface area contributed by atoms with Crippen molar-refractivity contribution in [2.75, 3.05) is 25.4 Å². The Hall–Kier alpha value is -2.42. The average Bonchev–Trinajstić information content (AvgIpc) is 3.01. The highest BCUT2D eigenvalue weighted by Crippen LogP contribution is 2.38. The lowest BCUT2D eigenvalue weighted by Crippen LogP contribution is -2.58. The summed E-state index contributed by atoms with van der Waals surface area (Å²) in [6.45, 7) is 5.17. The summed E-state index contributed by atoms with van der Waals surface area (Å²) in [5, 5.41) is 6.74. The predicted octanol–water partition coefficient (Wildman–Crippen LogP) is 4.92. The molecule has 2 heterocycles. The van der Waals surface area contributed by atoms with E-state index in [4.69, 9.17) is 11.6 Å². The smallest absolute Gasteiger partial charge is 0.245 e. The fourth-order valence-electron chi connectivity index (χ4n) is 7.31. The molecule has 1 saturated carbocycles. The van der Waals surface area contributed by atoms with Crippen molar-refractivity contribution in [3.8, 4) is 0 Å². The second kappa shape index (κ2) is 13.7. The van der Waals surface area contributed by atoms with Crippen molar-refractivity contribution in [1.82, 2.24) is 15.5 Å². The molecule has 2 unspecified atom stereocenters. The second-order valence-electron chi connectivity index (χ2n) is 13.2. The Labute approximate surface area is 262 Å². The van der Waals surface area contributed by atoms with Gasteiger partial charge in [0.05, 0.1) is 17.0 Å². The Kier molecular flexibility index (Phi) is 10.2. The summed E-state index contributed by atoms with van der Waals surface area (Å²) in [5.74, 6) is 1.02. The third-order valence-corrected chi connectivity index (χ3v) is 12.8. The zero-order chi connectivity index (χ0) is 30.6. The maximum absolute atomic E-state index is 14.1. The molecule has 2 N–H and O–H groups in total. The molecule has 5 rings (SSSR count). The van der Waals surface area contributed by atoms with E-state index in [2.05, 4.69) is 10.6 Å². The quantitative estimate of drug-likeness (QED) is 0.412. The van der Waals surface area contributed by atoms with Gasteiger partial charge in [-0.1, -0.05) is 73.3 Å². The number of nitrogens with one attached hydrogen (secondary N) is 2. The van der Waals surface area contributed by atoms with E-state index < -0.39 is 26.5 Å². The number of carbonyl (C=O) groups is 2. The van der Waals surface area contributed by atoms with Gasteiger partial charge in [0.1, 0.15) is 6.04 Å². The summed E-state index contributed by atoms with van der Waals surface area (Å²) in [5.41, 5.74) is 1.37. The summed E-state index contributed by atoms with van der Waals surface area (Å²) in [7, 11) is -3.32. The predicted molar refractivity (Wildman–Crippen MR) is 172 cm³/mol. The van der Waals surface area contributed by atoms with Crippen LogP contribution in [0.1, 0.15) is 69.9 Å². The molecule has 9 heteroatoms. The van der Waals surface area contributed by atoms with Gasteiger partial charge in [-0.15, -0.1) is 0 Å². The van der Waals surface area contributed by atoms with Gasteiger partial charge in [0, 0.05) is 29.9 Å². The van der Waals surface area contributed by atoms with Crippen molar-refractivity contribution >= 4 is 33.3 Å². The normalized spacial score (nSPS) is 24.7. The maximum Gasteiger partial charge on any atom is 0.245 e. The topological polar surface area (TPSA) is 95.6 Å². The molecule has 3 aliphatic rings. The minimum Gasteiger partial charge on any atom is -0.343 e. The zero-order valence-corrected chi connectivity index (χ0v) is 27.0. The minimum absolute atomic E-state index is 0.0597. The Morgan fingerprint density at radius 3 is 2.30 bits per heavy atom. The molecule has 0 bridgehead atoms. The number of hydrogen-bond acceptors (Lipinski definition) is 5. The summed E-state index contributed by atoms with van der Waals surface area (Å²) in [4.78, 5) is 29.5. The highest BCUT2D eigenvalue weighted by Gasteiger charge is 2.43. The maximum atomic E-state index is 14.1. The van der Waals surface area contributed by atoms with Crippen LogP contribution in [0.25, 0.3) is 0 Å². The fourth-order valence-corrected chi connectivity index (χ4v) is 8.99. The van der Waals surface area contributed by atoms with Crippen LogP contribution in [0.2, 0.25) is 5.02 Å². The molecule has 2 amide bonds. The molecule has 7 nitrogen and oxygen atoms in total. The van der Waals surface area contributed by atoms with Crippen LogP contribution < -0.4 is 10.6 Å². The highest BCUT2D eigenvalue weighted by atomic mass is 35.5. The third kappa shape index (κ3) is 7.63. The molecule has 4 atom stereocenters. The van der Waals surface area contributed by atoms with Gasteiger partial charge in [-0.05, 0) is 81.2 Å². The van der Waals surface area contributed by atoms with Gasteiger partial charge in [0.2, 0.25) is 11.8 Å². The van der Waals surface area contributed by atoms with E-state index in [0.717, 1.165) is 24.1 Å². The van der Waals surface area contributed by atoms with E-state index in [-0.39, 0.29) is 23.6 Å². The number of hydrogen-bond donors (Lipinski definition) is 2. The van der Waals surface area contributed by atoms with Gasteiger partial charge in [-0.3, -0.25) is 9.59 Å². The molecule has 2 aromatic carbocycles. The molecule has 2 saturated heterocycles. The van der Waals surface area contributed by atoms with Crippen molar-refractivity contribution in [3.05, 3.63) is 70.7 Å². The fraction of sp³-hybridized carbons (Fsp3) is 0.588. The van der Waals surface area contributed by atoms with Crippen LogP contribution in [0.4, 0.5) is 0 Å². The lowest BCUT2D eigenvalue weighted by Gasteiger charge is -2.43. The van der Waals surface area contributed by atoms with Gasteiger partial charge < -0.3 is 15.5 Å². The largest absolute Gasteiger partial charge is 0.343 e. The summed E-state index contributed by atoms with van der Waals surface area (Å²) in [6.07, 6.45) is 7.16. The Bertz CT molecular complexity index is 1360. The minimum atomic E-state index is -3.32.